The molecular weight excluding hydrogens is 480 g/mol. The fraction of sp³-hybridized carbons (Fsp3) is 0.500. The number of nitrogens with one attached hydrogen (secondary N) is 2. The fourth-order valence-electron chi connectivity index (χ4n) is 5.28. The van der Waals surface area contributed by atoms with E-state index in [-0.39, 0.29) is 5.91 Å². The van der Waals surface area contributed by atoms with E-state index in [4.69, 9.17) is 21.7 Å². The molecular formula is C26H31ClN6OS. The summed E-state index contributed by atoms with van der Waals surface area (Å²) >= 11 is 8.41. The van der Waals surface area contributed by atoms with Gasteiger partial charge in [-0.1, -0.05) is 22.9 Å². The topological polar surface area (TPSA) is 75.1 Å². The third-order valence-electron chi connectivity index (χ3n) is 7.39. The van der Waals surface area contributed by atoms with Crippen LogP contribution in [0, 0.1) is 5.92 Å². The van der Waals surface area contributed by atoms with Gasteiger partial charge in [0.2, 0.25) is 5.91 Å². The summed E-state index contributed by atoms with van der Waals surface area (Å²) in [7, 11) is 2.20. The van der Waals surface area contributed by atoms with Crippen LogP contribution in [0.15, 0.2) is 18.2 Å². The molecule has 3 heterocycles. The van der Waals surface area contributed by atoms with Gasteiger partial charge in [0, 0.05) is 30.6 Å². The smallest absolute Gasteiger partial charge is 0.223 e. The number of carbonyl (C=O) groups is 1. The minimum absolute atomic E-state index is 0.102. The van der Waals surface area contributed by atoms with Crippen LogP contribution in [-0.4, -0.2) is 52.3 Å². The lowest BCUT2D eigenvalue weighted by molar-refractivity contribution is -0.114. The van der Waals surface area contributed by atoms with Gasteiger partial charge >= 0.3 is 0 Å². The van der Waals surface area contributed by atoms with E-state index in [0.29, 0.717) is 22.0 Å². The number of aromatic nitrogens is 3. The highest BCUT2D eigenvalue weighted by atomic mass is 35.5. The van der Waals surface area contributed by atoms with Crippen molar-refractivity contribution in [2.75, 3.05) is 37.3 Å². The molecule has 0 spiro atoms. The Bertz CT molecular complexity index is 1270. The quantitative estimate of drug-likeness (QED) is 0.468. The first-order valence-corrected chi connectivity index (χ1v) is 13.8. The van der Waals surface area contributed by atoms with E-state index < -0.39 is 0 Å². The molecule has 1 saturated heterocycles. The van der Waals surface area contributed by atoms with Crippen LogP contribution >= 0.6 is 22.9 Å². The number of halogens is 1. The van der Waals surface area contributed by atoms with Gasteiger partial charge in [0.1, 0.15) is 0 Å². The largest absolute Gasteiger partial charge is 0.385 e. The lowest BCUT2D eigenvalue weighted by Crippen LogP contribution is -2.32. The highest BCUT2D eigenvalue weighted by Crippen LogP contribution is 2.48. The summed E-state index contributed by atoms with van der Waals surface area (Å²) in [6.07, 6.45) is 6.66. The van der Waals surface area contributed by atoms with Gasteiger partial charge in [-0.3, -0.25) is 4.79 Å². The standard InChI is InChI=1S/C26H31ClN6OS/c1-15(34)29-26-30-21-7-6-19-23(17-3-4-17)31-33(24(19)25(21)35-26)22-8-5-18(13-20(22)27)28-14-16-9-11-32(2)12-10-16/h5,8,13,16-17,28H,3-4,6-7,9-12,14H2,1-2H3,(H,29,30,34). The molecule has 1 aliphatic heterocycles. The fourth-order valence-corrected chi connectivity index (χ4v) is 6.65. The maximum Gasteiger partial charge on any atom is 0.223 e. The average molecular weight is 511 g/mol. The van der Waals surface area contributed by atoms with Gasteiger partial charge < -0.3 is 15.5 Å². The van der Waals surface area contributed by atoms with E-state index in [1.54, 1.807) is 0 Å². The summed E-state index contributed by atoms with van der Waals surface area (Å²) in [6.45, 7) is 4.83. The number of aryl methyl sites for hydroxylation is 1. The number of rotatable bonds is 6. The van der Waals surface area contributed by atoms with Crippen molar-refractivity contribution in [3.63, 3.8) is 0 Å². The Balaban J connectivity index is 1.31. The van der Waals surface area contributed by atoms with Crippen LogP contribution in [0.25, 0.3) is 16.3 Å². The number of likely N-dealkylation sites (tertiary alicyclic amines) is 1. The van der Waals surface area contributed by atoms with Gasteiger partial charge in [-0.2, -0.15) is 5.10 Å². The maximum absolute atomic E-state index is 11.6. The number of piperidine rings is 1. The van der Waals surface area contributed by atoms with Crippen LogP contribution in [0.1, 0.15) is 55.5 Å². The monoisotopic (exact) mass is 510 g/mol. The number of thiazole rings is 1. The number of hydrogen-bond donors (Lipinski definition) is 2. The molecule has 2 aromatic heterocycles. The van der Waals surface area contributed by atoms with Gasteiger partial charge in [-0.25, -0.2) is 9.67 Å². The van der Waals surface area contributed by atoms with Gasteiger partial charge in [0.05, 0.1) is 32.7 Å². The molecule has 2 aliphatic carbocycles. The zero-order valence-electron chi connectivity index (χ0n) is 20.2. The van der Waals surface area contributed by atoms with E-state index in [2.05, 4.69) is 34.7 Å². The lowest BCUT2D eigenvalue weighted by atomic mass is 9.96. The molecule has 1 saturated carbocycles. The molecule has 3 aliphatic rings. The lowest BCUT2D eigenvalue weighted by Gasteiger charge is -2.29. The molecule has 1 aromatic carbocycles. The summed E-state index contributed by atoms with van der Waals surface area (Å²) in [6, 6.07) is 6.21. The van der Waals surface area contributed by atoms with Crippen LogP contribution in [0.3, 0.4) is 0 Å². The zero-order valence-corrected chi connectivity index (χ0v) is 21.8. The molecule has 1 amide bonds. The normalized spacial score (nSPS) is 18.3. The van der Waals surface area contributed by atoms with Crippen LogP contribution in [0.4, 0.5) is 10.8 Å². The third kappa shape index (κ3) is 4.59. The minimum atomic E-state index is -0.102. The molecule has 184 valence electrons. The molecule has 6 rings (SSSR count). The number of amides is 1. The number of benzene rings is 1. The predicted octanol–water partition coefficient (Wildman–Crippen LogP) is 5.34. The van der Waals surface area contributed by atoms with E-state index in [0.717, 1.165) is 47.0 Å². The highest BCUT2D eigenvalue weighted by Gasteiger charge is 2.36. The molecule has 0 unspecified atom stereocenters. The Labute approximate surface area is 214 Å². The molecule has 9 heteroatoms. The Kier molecular flexibility index (Phi) is 6.06. The van der Waals surface area contributed by atoms with Gasteiger partial charge in [0.15, 0.2) is 5.13 Å². The molecule has 2 N–H and O–H groups in total. The van der Waals surface area contributed by atoms with E-state index in [9.17, 15) is 4.79 Å². The molecule has 7 nitrogen and oxygen atoms in total. The van der Waals surface area contributed by atoms with Gasteiger partial charge in [-0.05, 0) is 82.8 Å². The summed E-state index contributed by atoms with van der Waals surface area (Å²) in [5, 5.41) is 12.9. The Hall–Kier alpha value is -2.42. The minimum Gasteiger partial charge on any atom is -0.385 e. The van der Waals surface area contributed by atoms with E-state index in [1.165, 1.54) is 68.3 Å². The van der Waals surface area contributed by atoms with Crippen molar-refractivity contribution in [2.24, 2.45) is 5.92 Å². The second kappa shape index (κ2) is 9.22. The highest BCUT2D eigenvalue weighted by molar-refractivity contribution is 7.19. The van der Waals surface area contributed by atoms with Crippen molar-refractivity contribution < 1.29 is 4.79 Å². The number of fused-ring (bicyclic) bond motifs is 3. The summed E-state index contributed by atoms with van der Waals surface area (Å²) in [4.78, 5) is 19.8. The second-order valence-corrected chi connectivity index (χ2v) is 11.6. The first-order chi connectivity index (χ1) is 17.0. The summed E-state index contributed by atoms with van der Waals surface area (Å²) < 4.78 is 2.03. The SMILES string of the molecule is CC(=O)Nc1nc2c(s1)-c1c(c(C3CC3)nn1-c1ccc(NCC3CCN(C)CC3)cc1Cl)CC2. The molecule has 0 atom stereocenters. The molecule has 3 aromatic rings. The maximum atomic E-state index is 11.6. The van der Waals surface area contributed by atoms with Crippen LogP contribution in [0.2, 0.25) is 5.02 Å². The molecule has 35 heavy (non-hydrogen) atoms. The Morgan fingerprint density at radius 2 is 2.00 bits per heavy atom. The van der Waals surface area contributed by atoms with Crippen LogP contribution in [-0.2, 0) is 17.6 Å². The average Bonchev–Trinajstić information content (AvgIpc) is 3.48. The number of nitrogens with zero attached hydrogens (tertiary/aromatic N) is 4. The summed E-state index contributed by atoms with van der Waals surface area (Å²) in [5.74, 6) is 1.14. The van der Waals surface area contributed by atoms with Crippen molar-refractivity contribution in [3.8, 4) is 16.3 Å². The summed E-state index contributed by atoms with van der Waals surface area (Å²) in [5.41, 5.74) is 6.59. The van der Waals surface area contributed by atoms with Crippen LogP contribution in [0.5, 0.6) is 0 Å². The van der Waals surface area contributed by atoms with E-state index >= 15 is 0 Å². The zero-order chi connectivity index (χ0) is 24.1. The van der Waals surface area contributed by atoms with Crippen molar-refractivity contribution in [2.45, 2.75) is 51.4 Å². The molecule has 0 bridgehead atoms. The van der Waals surface area contributed by atoms with E-state index in [1.807, 2.05) is 10.7 Å². The number of anilines is 2. The first-order valence-electron chi connectivity index (χ1n) is 12.6. The van der Waals surface area contributed by atoms with Crippen molar-refractivity contribution >= 4 is 39.7 Å². The van der Waals surface area contributed by atoms with Crippen LogP contribution < -0.4 is 10.6 Å². The molecule has 0 radical (unpaired) electrons. The second-order valence-electron chi connectivity index (χ2n) is 10.2. The number of carbonyl (C=O) groups excluding carboxylic acids is 1. The Morgan fingerprint density at radius 1 is 1.20 bits per heavy atom. The predicted molar refractivity (Wildman–Crippen MR) is 142 cm³/mol. The first kappa shape index (κ1) is 23.0. The third-order valence-corrected chi connectivity index (χ3v) is 8.72. The van der Waals surface area contributed by atoms with Crippen molar-refractivity contribution in [1.29, 1.82) is 0 Å². The number of hydrogen-bond acceptors (Lipinski definition) is 6. The Morgan fingerprint density at radius 3 is 2.71 bits per heavy atom. The van der Waals surface area contributed by atoms with Gasteiger partial charge in [0.25, 0.3) is 0 Å². The van der Waals surface area contributed by atoms with Crippen molar-refractivity contribution in [1.82, 2.24) is 19.7 Å². The van der Waals surface area contributed by atoms with Gasteiger partial charge in [-0.15, -0.1) is 0 Å². The molecule has 2 fully saturated rings. The van der Waals surface area contributed by atoms with Crippen molar-refractivity contribution in [3.05, 3.63) is 40.2 Å².